The van der Waals surface area contributed by atoms with Crippen LogP contribution in [0.3, 0.4) is 0 Å². The van der Waals surface area contributed by atoms with Crippen molar-refractivity contribution in [3.05, 3.63) is 28.8 Å². The number of ether oxygens (including phenoxy) is 1. The Kier molecular flexibility index (Phi) is 4.68. The van der Waals surface area contributed by atoms with Crippen molar-refractivity contribution in [2.24, 2.45) is 0 Å². The van der Waals surface area contributed by atoms with Crippen molar-refractivity contribution >= 4 is 23.4 Å². The third-order valence-electron chi connectivity index (χ3n) is 3.17. The first kappa shape index (κ1) is 15.9. The van der Waals surface area contributed by atoms with Crippen LogP contribution in [-0.2, 0) is 0 Å². The first-order valence-corrected chi connectivity index (χ1v) is 7.13. The highest BCUT2D eigenvalue weighted by molar-refractivity contribution is 6.32. The lowest BCUT2D eigenvalue weighted by Crippen LogP contribution is -2.10. The summed E-state index contributed by atoms with van der Waals surface area (Å²) in [5.74, 6) is 0.622. The first-order chi connectivity index (χ1) is 10.5. The molecule has 0 spiro atoms. The van der Waals surface area contributed by atoms with E-state index in [1.807, 2.05) is 19.9 Å². The summed E-state index contributed by atoms with van der Waals surface area (Å²) in [5.41, 5.74) is 12.5. The van der Waals surface area contributed by atoms with Crippen LogP contribution in [0.15, 0.2) is 18.2 Å². The number of nitrogens with two attached hydrogens (primary N) is 2. The second kappa shape index (κ2) is 6.50. The molecule has 2 rings (SSSR count). The Morgan fingerprint density at radius 1 is 1.36 bits per heavy atom. The molecule has 6 nitrogen and oxygen atoms in total. The highest BCUT2D eigenvalue weighted by Gasteiger charge is 2.15. The third kappa shape index (κ3) is 3.21. The summed E-state index contributed by atoms with van der Waals surface area (Å²) in [4.78, 5) is 7.87. The molecule has 0 aliphatic heterocycles. The maximum absolute atomic E-state index is 9.22. The summed E-state index contributed by atoms with van der Waals surface area (Å²) in [6.45, 7) is 3.99. The quantitative estimate of drug-likeness (QED) is 0.896. The molecule has 0 fully saturated rings. The SMILES string of the molecule is CCC(C)Oc1ccc(-c2nc(N)nc(N)c2C#N)cc1Cl. The van der Waals surface area contributed by atoms with Crippen LogP contribution in [0.25, 0.3) is 11.3 Å². The predicted octanol–water partition coefficient (Wildman–Crippen LogP) is 3.01. The number of anilines is 2. The van der Waals surface area contributed by atoms with Crippen LogP contribution < -0.4 is 16.2 Å². The molecule has 1 aromatic carbocycles. The minimum absolute atomic E-state index is 0.00236. The highest BCUT2D eigenvalue weighted by Crippen LogP contribution is 2.33. The van der Waals surface area contributed by atoms with Crippen LogP contribution in [0.1, 0.15) is 25.8 Å². The molecule has 1 atom stereocenters. The average Bonchev–Trinajstić information content (AvgIpc) is 2.48. The summed E-state index contributed by atoms with van der Waals surface area (Å²) >= 11 is 6.24. The van der Waals surface area contributed by atoms with Gasteiger partial charge in [0.05, 0.1) is 16.8 Å². The number of hydrogen-bond acceptors (Lipinski definition) is 6. The van der Waals surface area contributed by atoms with E-state index in [-0.39, 0.29) is 23.4 Å². The van der Waals surface area contributed by atoms with Crippen molar-refractivity contribution in [3.63, 3.8) is 0 Å². The van der Waals surface area contributed by atoms with Crippen molar-refractivity contribution in [2.75, 3.05) is 11.5 Å². The number of aromatic nitrogens is 2. The van der Waals surface area contributed by atoms with Crippen LogP contribution in [0.4, 0.5) is 11.8 Å². The predicted molar refractivity (Wildman–Crippen MR) is 86.4 cm³/mol. The van der Waals surface area contributed by atoms with Gasteiger partial charge < -0.3 is 16.2 Å². The number of benzene rings is 1. The molecular formula is C15H16ClN5O. The normalized spacial score (nSPS) is 11.7. The van der Waals surface area contributed by atoms with Crippen LogP contribution in [0.2, 0.25) is 5.02 Å². The van der Waals surface area contributed by atoms with Crippen molar-refractivity contribution in [1.29, 1.82) is 5.26 Å². The zero-order valence-electron chi connectivity index (χ0n) is 12.3. The number of nitrogens with zero attached hydrogens (tertiary/aromatic N) is 3. The summed E-state index contributed by atoms with van der Waals surface area (Å²) < 4.78 is 5.71. The molecular weight excluding hydrogens is 302 g/mol. The van der Waals surface area contributed by atoms with Crippen LogP contribution >= 0.6 is 11.6 Å². The zero-order chi connectivity index (χ0) is 16.3. The van der Waals surface area contributed by atoms with Crippen molar-refractivity contribution < 1.29 is 4.74 Å². The molecule has 22 heavy (non-hydrogen) atoms. The Bertz CT molecular complexity index is 741. The first-order valence-electron chi connectivity index (χ1n) is 6.75. The topological polar surface area (TPSA) is 111 Å². The van der Waals surface area contributed by atoms with Crippen LogP contribution in [0.5, 0.6) is 5.75 Å². The lowest BCUT2D eigenvalue weighted by molar-refractivity contribution is 0.217. The van der Waals surface area contributed by atoms with E-state index < -0.39 is 0 Å². The van der Waals surface area contributed by atoms with Gasteiger partial charge in [0, 0.05) is 5.56 Å². The van der Waals surface area contributed by atoms with E-state index in [1.54, 1.807) is 18.2 Å². The second-order valence-electron chi connectivity index (χ2n) is 4.78. The smallest absolute Gasteiger partial charge is 0.222 e. The largest absolute Gasteiger partial charge is 0.489 e. The zero-order valence-corrected chi connectivity index (χ0v) is 13.1. The Morgan fingerprint density at radius 2 is 2.09 bits per heavy atom. The minimum Gasteiger partial charge on any atom is -0.489 e. The Morgan fingerprint density at radius 3 is 2.68 bits per heavy atom. The summed E-state index contributed by atoms with van der Waals surface area (Å²) in [7, 11) is 0. The standard InChI is InChI=1S/C15H16ClN5O/c1-3-8(2)22-12-5-4-9(6-11(12)16)13-10(7-17)14(18)21-15(19)20-13/h4-6,8H,3H2,1-2H3,(H4,18,19,20,21). The fraction of sp³-hybridized carbons (Fsp3) is 0.267. The van der Waals surface area contributed by atoms with Crippen LogP contribution in [0, 0.1) is 11.3 Å². The molecule has 2 aromatic rings. The van der Waals surface area contributed by atoms with Gasteiger partial charge in [-0.05, 0) is 31.5 Å². The molecule has 0 aliphatic rings. The molecule has 1 heterocycles. The molecule has 0 amide bonds. The fourth-order valence-electron chi connectivity index (χ4n) is 1.86. The van der Waals surface area contributed by atoms with Gasteiger partial charge in [0.15, 0.2) is 0 Å². The van der Waals surface area contributed by atoms with Gasteiger partial charge in [0.25, 0.3) is 0 Å². The van der Waals surface area contributed by atoms with Gasteiger partial charge in [-0.1, -0.05) is 18.5 Å². The van der Waals surface area contributed by atoms with Crippen molar-refractivity contribution in [2.45, 2.75) is 26.4 Å². The molecule has 1 unspecified atom stereocenters. The molecule has 7 heteroatoms. The van der Waals surface area contributed by atoms with Gasteiger partial charge in [0.2, 0.25) is 5.95 Å². The Balaban J connectivity index is 2.47. The van der Waals surface area contributed by atoms with Crippen LogP contribution in [-0.4, -0.2) is 16.1 Å². The summed E-state index contributed by atoms with van der Waals surface area (Å²) in [5, 5.41) is 9.65. The van der Waals surface area contributed by atoms with Gasteiger partial charge in [-0.3, -0.25) is 0 Å². The van der Waals surface area contributed by atoms with Gasteiger partial charge in [-0.25, -0.2) is 4.98 Å². The minimum atomic E-state index is 0.00236. The maximum Gasteiger partial charge on any atom is 0.222 e. The monoisotopic (exact) mass is 317 g/mol. The number of hydrogen-bond donors (Lipinski definition) is 2. The van der Waals surface area contributed by atoms with E-state index in [0.29, 0.717) is 22.0 Å². The molecule has 0 aliphatic carbocycles. The summed E-state index contributed by atoms with van der Waals surface area (Å²) in [6, 6.07) is 7.14. The molecule has 0 radical (unpaired) electrons. The van der Waals surface area contributed by atoms with Crippen molar-refractivity contribution in [3.8, 4) is 23.1 Å². The molecule has 0 bridgehead atoms. The molecule has 114 valence electrons. The number of rotatable bonds is 4. The van der Waals surface area contributed by atoms with E-state index in [2.05, 4.69) is 9.97 Å². The fourth-order valence-corrected chi connectivity index (χ4v) is 2.08. The Hall–Kier alpha value is -2.52. The van der Waals surface area contributed by atoms with Gasteiger partial charge in [0.1, 0.15) is 23.2 Å². The maximum atomic E-state index is 9.22. The lowest BCUT2D eigenvalue weighted by Gasteiger charge is -2.14. The molecule has 4 N–H and O–H groups in total. The Labute approximate surface area is 133 Å². The van der Waals surface area contributed by atoms with Crippen molar-refractivity contribution in [1.82, 2.24) is 9.97 Å². The number of halogens is 1. The van der Waals surface area contributed by atoms with E-state index >= 15 is 0 Å². The number of nitriles is 1. The van der Waals surface area contributed by atoms with E-state index in [4.69, 9.17) is 27.8 Å². The van der Waals surface area contributed by atoms with E-state index in [0.717, 1.165) is 6.42 Å². The van der Waals surface area contributed by atoms with Gasteiger partial charge in [-0.2, -0.15) is 10.2 Å². The summed E-state index contributed by atoms with van der Waals surface area (Å²) in [6.07, 6.45) is 0.929. The third-order valence-corrected chi connectivity index (χ3v) is 3.47. The van der Waals surface area contributed by atoms with E-state index in [9.17, 15) is 5.26 Å². The lowest BCUT2D eigenvalue weighted by atomic mass is 10.1. The van der Waals surface area contributed by atoms with Gasteiger partial charge >= 0.3 is 0 Å². The second-order valence-corrected chi connectivity index (χ2v) is 5.19. The molecule has 1 aromatic heterocycles. The van der Waals surface area contributed by atoms with Gasteiger partial charge in [-0.15, -0.1) is 0 Å². The average molecular weight is 318 g/mol. The van der Waals surface area contributed by atoms with E-state index in [1.165, 1.54) is 0 Å². The highest BCUT2D eigenvalue weighted by atomic mass is 35.5. The molecule has 0 saturated carbocycles. The number of nitrogen functional groups attached to an aromatic ring is 2. The molecule has 0 saturated heterocycles.